The predicted octanol–water partition coefficient (Wildman–Crippen LogP) is 4.85. The summed E-state index contributed by atoms with van der Waals surface area (Å²) in [6.45, 7) is 4.17. The zero-order chi connectivity index (χ0) is 14.0. The normalized spacial score (nSPS) is 12.5. The first kappa shape index (κ1) is 14.4. The van der Waals surface area contributed by atoms with Gasteiger partial charge in [0, 0.05) is 16.1 Å². The highest BCUT2D eigenvalue weighted by atomic mass is 35.5. The van der Waals surface area contributed by atoms with Gasteiger partial charge in [-0.1, -0.05) is 41.4 Å². The molecule has 0 amide bonds. The van der Waals surface area contributed by atoms with Crippen molar-refractivity contribution in [3.05, 3.63) is 68.7 Å². The molecule has 2 aromatic carbocycles. The van der Waals surface area contributed by atoms with Crippen LogP contribution in [0.5, 0.6) is 0 Å². The second kappa shape index (κ2) is 5.96. The second-order valence-electron chi connectivity index (χ2n) is 4.85. The fourth-order valence-corrected chi connectivity index (χ4v) is 2.84. The lowest BCUT2D eigenvalue weighted by atomic mass is 9.92. The molecule has 19 heavy (non-hydrogen) atoms. The van der Waals surface area contributed by atoms with Crippen LogP contribution in [0, 0.1) is 13.8 Å². The molecule has 0 heterocycles. The third kappa shape index (κ3) is 3.30. The molecule has 0 spiro atoms. The molecule has 1 unspecified atom stereocenters. The molecule has 1 nitrogen and oxygen atoms in total. The molecule has 0 saturated heterocycles. The first-order valence-corrected chi connectivity index (χ1v) is 7.00. The lowest BCUT2D eigenvalue weighted by molar-refractivity contribution is 0.711. The van der Waals surface area contributed by atoms with Crippen molar-refractivity contribution >= 4 is 23.2 Å². The van der Waals surface area contributed by atoms with Crippen LogP contribution in [0.1, 0.15) is 28.3 Å². The quantitative estimate of drug-likeness (QED) is 0.860. The molecule has 0 aliphatic carbocycles. The molecule has 0 saturated carbocycles. The first-order chi connectivity index (χ1) is 8.99. The van der Waals surface area contributed by atoms with E-state index in [0.29, 0.717) is 16.5 Å². The second-order valence-corrected chi connectivity index (χ2v) is 5.70. The number of hydrogen-bond donors (Lipinski definition) is 1. The van der Waals surface area contributed by atoms with Gasteiger partial charge in [-0.3, -0.25) is 0 Å². The highest BCUT2D eigenvalue weighted by molar-refractivity contribution is 6.33. The van der Waals surface area contributed by atoms with Crippen LogP contribution in [-0.2, 0) is 6.42 Å². The molecule has 0 radical (unpaired) electrons. The number of rotatable bonds is 3. The number of aryl methyl sites for hydroxylation is 2. The van der Waals surface area contributed by atoms with Crippen molar-refractivity contribution in [2.24, 2.45) is 5.73 Å². The van der Waals surface area contributed by atoms with E-state index < -0.39 is 0 Å². The van der Waals surface area contributed by atoms with Gasteiger partial charge in [-0.2, -0.15) is 0 Å². The van der Waals surface area contributed by atoms with Gasteiger partial charge in [-0.05, 0) is 60.7 Å². The maximum atomic E-state index is 6.35. The molecule has 2 rings (SSSR count). The van der Waals surface area contributed by atoms with Crippen LogP contribution in [0.15, 0.2) is 36.4 Å². The fraction of sp³-hybridized carbons (Fsp3) is 0.250. The summed E-state index contributed by atoms with van der Waals surface area (Å²) in [6.07, 6.45) is 0.686. The standard InChI is InChI=1S/C16H17Cl2N/c1-10-4-3-5-11(2)16(10)15(19)9-12-8-13(17)6-7-14(12)18/h3-8,15H,9,19H2,1-2H3. The van der Waals surface area contributed by atoms with Crippen LogP contribution in [-0.4, -0.2) is 0 Å². The van der Waals surface area contributed by atoms with Crippen LogP contribution in [0.2, 0.25) is 10.0 Å². The number of halogens is 2. The predicted molar refractivity (Wildman–Crippen MR) is 83.0 cm³/mol. The minimum Gasteiger partial charge on any atom is -0.324 e. The molecular formula is C16H17Cl2N. The maximum Gasteiger partial charge on any atom is 0.0439 e. The van der Waals surface area contributed by atoms with E-state index in [9.17, 15) is 0 Å². The van der Waals surface area contributed by atoms with E-state index in [1.807, 2.05) is 18.2 Å². The van der Waals surface area contributed by atoms with E-state index >= 15 is 0 Å². The van der Waals surface area contributed by atoms with Gasteiger partial charge < -0.3 is 5.73 Å². The van der Waals surface area contributed by atoms with E-state index in [2.05, 4.69) is 26.0 Å². The summed E-state index contributed by atoms with van der Waals surface area (Å²) in [5.74, 6) is 0. The summed E-state index contributed by atoms with van der Waals surface area (Å²) < 4.78 is 0. The Kier molecular flexibility index (Phi) is 4.51. The van der Waals surface area contributed by atoms with Crippen molar-refractivity contribution in [3.63, 3.8) is 0 Å². The molecule has 1 atom stereocenters. The summed E-state index contributed by atoms with van der Waals surface area (Å²) >= 11 is 12.2. The topological polar surface area (TPSA) is 26.0 Å². The monoisotopic (exact) mass is 293 g/mol. The van der Waals surface area contributed by atoms with Crippen LogP contribution >= 0.6 is 23.2 Å². The summed E-state index contributed by atoms with van der Waals surface area (Å²) in [4.78, 5) is 0. The summed E-state index contributed by atoms with van der Waals surface area (Å²) in [5, 5.41) is 1.40. The molecule has 3 heteroatoms. The molecule has 0 fully saturated rings. The van der Waals surface area contributed by atoms with Crippen LogP contribution < -0.4 is 5.73 Å². The van der Waals surface area contributed by atoms with Gasteiger partial charge in [0.05, 0.1) is 0 Å². The lowest BCUT2D eigenvalue weighted by Gasteiger charge is -2.18. The number of benzene rings is 2. The van der Waals surface area contributed by atoms with Gasteiger partial charge in [0.2, 0.25) is 0 Å². The van der Waals surface area contributed by atoms with E-state index in [-0.39, 0.29) is 6.04 Å². The molecule has 2 aromatic rings. The summed E-state index contributed by atoms with van der Waals surface area (Å²) in [6, 6.07) is 11.6. The highest BCUT2D eigenvalue weighted by Crippen LogP contribution is 2.27. The van der Waals surface area contributed by atoms with Gasteiger partial charge in [0.1, 0.15) is 0 Å². The Morgan fingerprint density at radius 1 is 1.05 bits per heavy atom. The third-order valence-corrected chi connectivity index (χ3v) is 3.96. The minimum atomic E-state index is -0.0721. The zero-order valence-corrected chi connectivity index (χ0v) is 12.6. The van der Waals surface area contributed by atoms with Crippen molar-refractivity contribution in [2.45, 2.75) is 26.3 Å². The number of hydrogen-bond acceptors (Lipinski definition) is 1. The van der Waals surface area contributed by atoms with Gasteiger partial charge in [-0.25, -0.2) is 0 Å². The molecule has 0 bridgehead atoms. The van der Waals surface area contributed by atoms with E-state index in [1.54, 1.807) is 6.07 Å². The average Bonchev–Trinajstić information content (AvgIpc) is 2.33. The minimum absolute atomic E-state index is 0.0721. The average molecular weight is 294 g/mol. The van der Waals surface area contributed by atoms with Crippen LogP contribution in [0.4, 0.5) is 0 Å². The van der Waals surface area contributed by atoms with Crippen molar-refractivity contribution in [3.8, 4) is 0 Å². The summed E-state index contributed by atoms with van der Waals surface area (Å²) in [5.41, 5.74) is 11.0. The molecule has 2 N–H and O–H groups in total. The largest absolute Gasteiger partial charge is 0.324 e. The SMILES string of the molecule is Cc1cccc(C)c1C(N)Cc1cc(Cl)ccc1Cl. The Bertz CT molecular complexity index is 573. The smallest absolute Gasteiger partial charge is 0.0439 e. The van der Waals surface area contributed by atoms with Crippen LogP contribution in [0.3, 0.4) is 0 Å². The van der Waals surface area contributed by atoms with Crippen molar-refractivity contribution in [1.29, 1.82) is 0 Å². The van der Waals surface area contributed by atoms with E-state index in [0.717, 1.165) is 5.56 Å². The van der Waals surface area contributed by atoms with Gasteiger partial charge in [-0.15, -0.1) is 0 Å². The van der Waals surface area contributed by atoms with E-state index in [4.69, 9.17) is 28.9 Å². The molecule has 0 aliphatic heterocycles. The van der Waals surface area contributed by atoms with Crippen molar-refractivity contribution in [2.75, 3.05) is 0 Å². The van der Waals surface area contributed by atoms with Crippen molar-refractivity contribution in [1.82, 2.24) is 0 Å². The Morgan fingerprint density at radius 3 is 2.32 bits per heavy atom. The maximum absolute atomic E-state index is 6.35. The van der Waals surface area contributed by atoms with Gasteiger partial charge in [0.15, 0.2) is 0 Å². The first-order valence-electron chi connectivity index (χ1n) is 6.24. The molecule has 100 valence electrons. The molecule has 0 aromatic heterocycles. The third-order valence-electron chi connectivity index (χ3n) is 3.36. The highest BCUT2D eigenvalue weighted by Gasteiger charge is 2.14. The lowest BCUT2D eigenvalue weighted by Crippen LogP contribution is -2.16. The Labute approximate surface area is 124 Å². The molecule has 0 aliphatic rings. The Hall–Kier alpha value is -1.02. The fourth-order valence-electron chi connectivity index (χ4n) is 2.45. The number of nitrogens with two attached hydrogens (primary N) is 1. The Morgan fingerprint density at radius 2 is 1.68 bits per heavy atom. The zero-order valence-electron chi connectivity index (χ0n) is 11.1. The Balaban J connectivity index is 2.31. The van der Waals surface area contributed by atoms with Gasteiger partial charge >= 0.3 is 0 Å². The van der Waals surface area contributed by atoms with Crippen molar-refractivity contribution < 1.29 is 0 Å². The van der Waals surface area contributed by atoms with Crippen LogP contribution in [0.25, 0.3) is 0 Å². The molecular weight excluding hydrogens is 277 g/mol. The van der Waals surface area contributed by atoms with E-state index in [1.165, 1.54) is 16.7 Å². The van der Waals surface area contributed by atoms with Gasteiger partial charge in [0.25, 0.3) is 0 Å². The summed E-state index contributed by atoms with van der Waals surface area (Å²) in [7, 11) is 0.